The molecule has 0 aliphatic heterocycles. The molecule has 1 amide bonds. The molecule has 0 bridgehead atoms. The third-order valence-corrected chi connectivity index (χ3v) is 2.53. The number of amides is 1. The maximum Gasteiger partial charge on any atom is 0.254 e. The van der Waals surface area contributed by atoms with Crippen LogP contribution in [0.25, 0.3) is 0 Å². The highest BCUT2D eigenvalue weighted by Gasteiger charge is 2.14. The number of rotatable bonds is 6. The quantitative estimate of drug-likeness (QED) is 0.839. The lowest BCUT2D eigenvalue weighted by Crippen LogP contribution is -2.36. The second kappa shape index (κ2) is 7.27. The summed E-state index contributed by atoms with van der Waals surface area (Å²) in [5, 5.41) is 9.45. The van der Waals surface area contributed by atoms with Crippen molar-refractivity contribution in [1.29, 1.82) is 0 Å². The number of methoxy groups -OCH3 is 1. The Hall–Kier alpha value is -1.10. The number of halogens is 1. The van der Waals surface area contributed by atoms with Gasteiger partial charge in [-0.15, -0.1) is 0 Å². The number of carbonyl (C=O) groups excluding carboxylic acids is 1. The van der Waals surface area contributed by atoms with Gasteiger partial charge in [0.1, 0.15) is 0 Å². The predicted octanol–water partition coefficient (Wildman–Crippen LogP) is 1.42. The Morgan fingerprint density at radius 3 is 2.82 bits per heavy atom. The molecule has 1 aromatic carbocycles. The summed E-state index contributed by atoms with van der Waals surface area (Å²) in [6, 6.07) is 6.75. The monoisotopic (exact) mass is 257 g/mol. The normalized spacial score (nSPS) is 10.3. The van der Waals surface area contributed by atoms with Crippen molar-refractivity contribution in [1.82, 2.24) is 4.90 Å². The molecule has 0 radical (unpaired) electrons. The van der Waals surface area contributed by atoms with E-state index >= 15 is 0 Å². The van der Waals surface area contributed by atoms with E-state index in [1.54, 1.807) is 31.4 Å². The van der Waals surface area contributed by atoms with Crippen LogP contribution in [0.1, 0.15) is 10.4 Å². The van der Waals surface area contributed by atoms with Crippen molar-refractivity contribution in [2.24, 2.45) is 0 Å². The maximum absolute atomic E-state index is 12.1. The molecule has 0 aliphatic carbocycles. The average Bonchev–Trinajstić information content (AvgIpc) is 2.33. The molecule has 1 aromatic rings. The molecule has 0 atom stereocenters. The van der Waals surface area contributed by atoms with Crippen LogP contribution in [-0.2, 0) is 4.74 Å². The molecule has 0 saturated carbocycles. The number of benzene rings is 1. The maximum atomic E-state index is 12.1. The first kappa shape index (κ1) is 14.0. The number of nitrogens with zero attached hydrogens (tertiary/aromatic N) is 1. The van der Waals surface area contributed by atoms with Gasteiger partial charge < -0.3 is 14.7 Å². The minimum absolute atomic E-state index is 0.0734. The standard InChI is InChI=1S/C12H16ClNO3/c1-17-8-6-14(5-7-15)12(16)10-3-2-4-11(13)9-10/h2-4,9,15H,5-8H2,1H3. The molecule has 17 heavy (non-hydrogen) atoms. The average molecular weight is 258 g/mol. The van der Waals surface area contributed by atoms with Gasteiger partial charge in [0.05, 0.1) is 13.2 Å². The highest BCUT2D eigenvalue weighted by atomic mass is 35.5. The van der Waals surface area contributed by atoms with E-state index < -0.39 is 0 Å². The largest absolute Gasteiger partial charge is 0.395 e. The van der Waals surface area contributed by atoms with Crippen LogP contribution >= 0.6 is 11.6 Å². The topological polar surface area (TPSA) is 49.8 Å². The van der Waals surface area contributed by atoms with Crippen molar-refractivity contribution in [3.8, 4) is 0 Å². The molecule has 1 N–H and O–H groups in total. The number of hydrogen-bond acceptors (Lipinski definition) is 3. The Balaban J connectivity index is 2.76. The van der Waals surface area contributed by atoms with E-state index in [1.807, 2.05) is 0 Å². The van der Waals surface area contributed by atoms with Crippen molar-refractivity contribution < 1.29 is 14.6 Å². The van der Waals surface area contributed by atoms with Gasteiger partial charge in [0.15, 0.2) is 0 Å². The van der Waals surface area contributed by atoms with Crippen LogP contribution in [0.4, 0.5) is 0 Å². The molecule has 0 heterocycles. The van der Waals surface area contributed by atoms with Gasteiger partial charge in [-0.25, -0.2) is 0 Å². The lowest BCUT2D eigenvalue weighted by atomic mass is 10.2. The summed E-state index contributed by atoms with van der Waals surface area (Å²) in [5.74, 6) is -0.154. The van der Waals surface area contributed by atoms with E-state index in [1.165, 1.54) is 4.90 Å². The Morgan fingerprint density at radius 2 is 2.24 bits per heavy atom. The van der Waals surface area contributed by atoms with Gasteiger partial charge in [-0.2, -0.15) is 0 Å². The lowest BCUT2D eigenvalue weighted by Gasteiger charge is -2.21. The minimum Gasteiger partial charge on any atom is -0.395 e. The number of carbonyl (C=O) groups is 1. The summed E-state index contributed by atoms with van der Waals surface area (Å²) < 4.78 is 4.93. The summed E-state index contributed by atoms with van der Waals surface area (Å²) in [6.45, 7) is 1.10. The Morgan fingerprint density at radius 1 is 1.47 bits per heavy atom. The molecule has 0 fully saturated rings. The smallest absolute Gasteiger partial charge is 0.254 e. The Kier molecular flexibility index (Phi) is 5.97. The zero-order valence-corrected chi connectivity index (χ0v) is 10.5. The van der Waals surface area contributed by atoms with E-state index in [0.717, 1.165) is 0 Å². The molecule has 0 aromatic heterocycles. The molecule has 0 spiro atoms. The van der Waals surface area contributed by atoms with Gasteiger partial charge in [-0.05, 0) is 18.2 Å². The summed E-state index contributed by atoms with van der Waals surface area (Å²) >= 11 is 5.83. The highest BCUT2D eigenvalue weighted by molar-refractivity contribution is 6.30. The zero-order valence-electron chi connectivity index (χ0n) is 9.73. The SMILES string of the molecule is COCCN(CCO)C(=O)c1cccc(Cl)c1. The van der Waals surface area contributed by atoms with Crippen molar-refractivity contribution in [3.63, 3.8) is 0 Å². The van der Waals surface area contributed by atoms with E-state index in [-0.39, 0.29) is 19.1 Å². The van der Waals surface area contributed by atoms with Crippen LogP contribution in [0.5, 0.6) is 0 Å². The van der Waals surface area contributed by atoms with Gasteiger partial charge in [0, 0.05) is 30.8 Å². The second-order valence-electron chi connectivity index (χ2n) is 3.52. The number of aliphatic hydroxyl groups excluding tert-OH is 1. The molecule has 4 nitrogen and oxygen atoms in total. The predicted molar refractivity (Wildman–Crippen MR) is 66.3 cm³/mol. The first-order valence-corrected chi connectivity index (χ1v) is 5.71. The molecule has 5 heteroatoms. The summed E-state index contributed by atoms with van der Waals surface area (Å²) in [7, 11) is 1.57. The highest BCUT2D eigenvalue weighted by Crippen LogP contribution is 2.12. The summed E-state index contributed by atoms with van der Waals surface area (Å²) in [4.78, 5) is 13.6. The van der Waals surface area contributed by atoms with Crippen LogP contribution in [0.3, 0.4) is 0 Å². The van der Waals surface area contributed by atoms with E-state index in [2.05, 4.69) is 0 Å². The summed E-state index contributed by atoms with van der Waals surface area (Å²) in [6.07, 6.45) is 0. The molecular weight excluding hydrogens is 242 g/mol. The molecule has 0 unspecified atom stereocenters. The van der Waals surface area contributed by atoms with Gasteiger partial charge in [0.2, 0.25) is 0 Å². The number of ether oxygens (including phenoxy) is 1. The van der Waals surface area contributed by atoms with Crippen LogP contribution < -0.4 is 0 Å². The fourth-order valence-corrected chi connectivity index (χ4v) is 1.63. The second-order valence-corrected chi connectivity index (χ2v) is 3.96. The van der Waals surface area contributed by atoms with E-state index in [0.29, 0.717) is 23.7 Å². The van der Waals surface area contributed by atoms with Gasteiger partial charge in [-0.3, -0.25) is 4.79 Å². The van der Waals surface area contributed by atoms with Crippen molar-refractivity contribution in [2.75, 3.05) is 33.4 Å². The van der Waals surface area contributed by atoms with Crippen molar-refractivity contribution in [3.05, 3.63) is 34.9 Å². The fraction of sp³-hybridized carbons (Fsp3) is 0.417. The van der Waals surface area contributed by atoms with Crippen molar-refractivity contribution >= 4 is 17.5 Å². The first-order chi connectivity index (χ1) is 8.19. The van der Waals surface area contributed by atoms with E-state index in [9.17, 15) is 4.79 Å². The number of aliphatic hydroxyl groups is 1. The lowest BCUT2D eigenvalue weighted by molar-refractivity contribution is 0.0656. The molecule has 1 rings (SSSR count). The van der Waals surface area contributed by atoms with Crippen LogP contribution in [0, 0.1) is 0 Å². The molecule has 0 aliphatic rings. The third kappa shape index (κ3) is 4.34. The molecule has 0 saturated heterocycles. The van der Waals surface area contributed by atoms with Crippen LogP contribution in [0.15, 0.2) is 24.3 Å². The summed E-state index contributed by atoms with van der Waals surface area (Å²) in [5.41, 5.74) is 0.516. The van der Waals surface area contributed by atoms with Gasteiger partial charge in [0.25, 0.3) is 5.91 Å². The first-order valence-electron chi connectivity index (χ1n) is 5.33. The zero-order chi connectivity index (χ0) is 12.7. The Labute approximate surface area is 106 Å². The van der Waals surface area contributed by atoms with Gasteiger partial charge in [-0.1, -0.05) is 17.7 Å². The Bertz CT molecular complexity index is 371. The third-order valence-electron chi connectivity index (χ3n) is 2.29. The number of hydrogen-bond donors (Lipinski definition) is 1. The van der Waals surface area contributed by atoms with Gasteiger partial charge >= 0.3 is 0 Å². The van der Waals surface area contributed by atoms with Crippen LogP contribution in [-0.4, -0.2) is 49.3 Å². The minimum atomic E-state index is -0.154. The van der Waals surface area contributed by atoms with E-state index in [4.69, 9.17) is 21.4 Å². The van der Waals surface area contributed by atoms with Crippen molar-refractivity contribution in [2.45, 2.75) is 0 Å². The molecule has 94 valence electrons. The fourth-order valence-electron chi connectivity index (χ4n) is 1.44. The van der Waals surface area contributed by atoms with Crippen LogP contribution in [0.2, 0.25) is 5.02 Å². The molecular formula is C12H16ClNO3.